The molecule has 7 heteroatoms. The zero-order chi connectivity index (χ0) is 25.9. The van der Waals surface area contributed by atoms with Gasteiger partial charge in [-0.25, -0.2) is 4.79 Å². The average Bonchev–Trinajstić information content (AvgIpc) is 2.89. The molecule has 1 heterocycles. The molecule has 1 saturated heterocycles. The van der Waals surface area contributed by atoms with Crippen LogP contribution in [0.1, 0.15) is 80.4 Å². The molecule has 0 bridgehead atoms. The number of hydrogen-bond acceptors (Lipinski definition) is 6. The Kier molecular flexibility index (Phi) is 10.5. The molecule has 1 fully saturated rings. The first-order valence-electron chi connectivity index (χ1n) is 13.2. The zero-order valence-corrected chi connectivity index (χ0v) is 22.1. The Morgan fingerprint density at radius 2 is 1.78 bits per heavy atom. The Hall–Kier alpha value is -3.22. The molecule has 0 aliphatic carbocycles. The SMILES string of the molecule is CCCC(NC(=O)Cc1ccc(C(=O)OCC)c(OCC)c1)c1ccc(OC)cc1N1CCCCC1. The van der Waals surface area contributed by atoms with Gasteiger partial charge in [0.05, 0.1) is 32.8 Å². The fourth-order valence-electron chi connectivity index (χ4n) is 4.71. The standard InChI is InChI=1S/C29H40N2O5/c1-5-11-25(23-15-13-22(34-4)20-26(23)31-16-9-8-10-17-31)30-28(32)19-21-12-14-24(29(33)36-7-3)27(18-21)35-6-2/h12-15,18,20,25H,5-11,16-17,19H2,1-4H3,(H,30,32). The summed E-state index contributed by atoms with van der Waals surface area (Å²) >= 11 is 0. The van der Waals surface area contributed by atoms with Crippen LogP contribution in [-0.4, -0.2) is 45.3 Å². The highest BCUT2D eigenvalue weighted by Gasteiger charge is 2.23. The van der Waals surface area contributed by atoms with E-state index in [1.165, 1.54) is 19.3 Å². The number of hydrogen-bond donors (Lipinski definition) is 1. The third kappa shape index (κ3) is 7.15. The molecule has 0 saturated carbocycles. The van der Waals surface area contributed by atoms with Gasteiger partial charge in [-0.1, -0.05) is 25.5 Å². The number of rotatable bonds is 12. The maximum absolute atomic E-state index is 13.2. The second-order valence-electron chi connectivity index (χ2n) is 9.04. The van der Waals surface area contributed by atoms with Crippen molar-refractivity contribution in [2.24, 2.45) is 0 Å². The summed E-state index contributed by atoms with van der Waals surface area (Å²) in [6, 6.07) is 11.3. The van der Waals surface area contributed by atoms with Crippen molar-refractivity contribution in [1.29, 1.82) is 0 Å². The minimum atomic E-state index is -0.426. The maximum atomic E-state index is 13.2. The zero-order valence-electron chi connectivity index (χ0n) is 22.1. The van der Waals surface area contributed by atoms with E-state index in [0.717, 1.165) is 48.5 Å². The van der Waals surface area contributed by atoms with Gasteiger partial charge < -0.3 is 24.4 Å². The molecule has 1 amide bonds. The summed E-state index contributed by atoms with van der Waals surface area (Å²) in [4.78, 5) is 27.9. The van der Waals surface area contributed by atoms with Gasteiger partial charge in [0.25, 0.3) is 0 Å². The smallest absolute Gasteiger partial charge is 0.341 e. The summed E-state index contributed by atoms with van der Waals surface area (Å²) in [6.45, 7) is 8.49. The van der Waals surface area contributed by atoms with E-state index in [9.17, 15) is 9.59 Å². The predicted octanol–water partition coefficient (Wildman–Crippen LogP) is 5.46. The predicted molar refractivity (Wildman–Crippen MR) is 142 cm³/mol. The highest BCUT2D eigenvalue weighted by Crippen LogP contribution is 2.34. The average molecular weight is 497 g/mol. The molecule has 2 aromatic rings. The third-order valence-electron chi connectivity index (χ3n) is 6.43. The number of amides is 1. The van der Waals surface area contributed by atoms with Gasteiger partial charge in [-0.15, -0.1) is 0 Å². The second kappa shape index (κ2) is 13.8. The van der Waals surface area contributed by atoms with Crippen LogP contribution in [-0.2, 0) is 16.0 Å². The van der Waals surface area contributed by atoms with Crippen LogP contribution in [0.25, 0.3) is 0 Å². The van der Waals surface area contributed by atoms with E-state index in [-0.39, 0.29) is 25.0 Å². The van der Waals surface area contributed by atoms with E-state index in [2.05, 4.69) is 29.3 Å². The summed E-state index contributed by atoms with van der Waals surface area (Å²) in [5.74, 6) is 0.768. The largest absolute Gasteiger partial charge is 0.497 e. The van der Waals surface area contributed by atoms with Crippen molar-refractivity contribution in [1.82, 2.24) is 5.32 Å². The van der Waals surface area contributed by atoms with Crippen molar-refractivity contribution in [2.45, 2.75) is 65.3 Å². The van der Waals surface area contributed by atoms with E-state index in [4.69, 9.17) is 14.2 Å². The van der Waals surface area contributed by atoms with Crippen molar-refractivity contribution < 1.29 is 23.8 Å². The number of ether oxygens (including phenoxy) is 3. The van der Waals surface area contributed by atoms with Gasteiger partial charge >= 0.3 is 5.97 Å². The minimum absolute atomic E-state index is 0.0693. The number of benzene rings is 2. The van der Waals surface area contributed by atoms with Crippen LogP contribution < -0.4 is 19.7 Å². The van der Waals surface area contributed by atoms with Gasteiger partial charge in [-0.3, -0.25) is 4.79 Å². The molecule has 3 rings (SSSR count). The van der Waals surface area contributed by atoms with Crippen molar-refractivity contribution >= 4 is 17.6 Å². The van der Waals surface area contributed by atoms with E-state index < -0.39 is 5.97 Å². The Morgan fingerprint density at radius 1 is 1.00 bits per heavy atom. The summed E-state index contributed by atoms with van der Waals surface area (Å²) in [5, 5.41) is 3.27. The maximum Gasteiger partial charge on any atom is 0.341 e. The van der Waals surface area contributed by atoms with E-state index in [1.54, 1.807) is 32.2 Å². The third-order valence-corrected chi connectivity index (χ3v) is 6.43. The molecular weight excluding hydrogens is 456 g/mol. The lowest BCUT2D eigenvalue weighted by Crippen LogP contribution is -2.34. The summed E-state index contributed by atoms with van der Waals surface area (Å²) in [5.41, 5.74) is 3.42. The van der Waals surface area contributed by atoms with Crippen LogP contribution >= 0.6 is 0 Å². The fourth-order valence-corrected chi connectivity index (χ4v) is 4.71. The number of nitrogens with one attached hydrogen (secondary N) is 1. The minimum Gasteiger partial charge on any atom is -0.497 e. The highest BCUT2D eigenvalue weighted by molar-refractivity contribution is 5.93. The lowest BCUT2D eigenvalue weighted by atomic mass is 9.97. The van der Waals surface area contributed by atoms with Crippen LogP contribution in [0.3, 0.4) is 0 Å². The molecule has 1 unspecified atom stereocenters. The molecule has 0 radical (unpaired) electrons. The van der Waals surface area contributed by atoms with Gasteiger partial charge in [0.2, 0.25) is 5.91 Å². The monoisotopic (exact) mass is 496 g/mol. The van der Waals surface area contributed by atoms with Gasteiger partial charge in [0, 0.05) is 24.8 Å². The first-order valence-corrected chi connectivity index (χ1v) is 13.2. The molecule has 1 aliphatic rings. The molecule has 36 heavy (non-hydrogen) atoms. The van der Waals surface area contributed by atoms with Crippen LogP contribution in [0.2, 0.25) is 0 Å². The van der Waals surface area contributed by atoms with Gasteiger partial charge in [-0.05, 0) is 68.9 Å². The van der Waals surface area contributed by atoms with E-state index in [1.807, 2.05) is 13.0 Å². The number of esters is 1. The van der Waals surface area contributed by atoms with Gasteiger partial charge in [0.15, 0.2) is 0 Å². The van der Waals surface area contributed by atoms with Crippen LogP contribution in [0.15, 0.2) is 36.4 Å². The highest BCUT2D eigenvalue weighted by atomic mass is 16.5. The molecule has 2 aromatic carbocycles. The first-order chi connectivity index (χ1) is 17.5. The lowest BCUT2D eigenvalue weighted by Gasteiger charge is -2.33. The van der Waals surface area contributed by atoms with Crippen LogP contribution in [0.4, 0.5) is 5.69 Å². The molecule has 196 valence electrons. The molecule has 7 nitrogen and oxygen atoms in total. The summed E-state index contributed by atoms with van der Waals surface area (Å²) < 4.78 is 16.3. The van der Waals surface area contributed by atoms with E-state index >= 15 is 0 Å². The molecule has 0 aromatic heterocycles. The number of methoxy groups -OCH3 is 1. The Balaban J connectivity index is 1.81. The molecule has 0 spiro atoms. The fraction of sp³-hybridized carbons (Fsp3) is 0.517. The van der Waals surface area contributed by atoms with Gasteiger partial charge in [0.1, 0.15) is 17.1 Å². The lowest BCUT2D eigenvalue weighted by molar-refractivity contribution is -0.121. The number of nitrogens with zero attached hydrogens (tertiary/aromatic N) is 1. The Morgan fingerprint density at radius 3 is 2.44 bits per heavy atom. The molecular formula is C29H40N2O5. The topological polar surface area (TPSA) is 77.1 Å². The van der Waals surface area contributed by atoms with Crippen LogP contribution in [0.5, 0.6) is 11.5 Å². The van der Waals surface area contributed by atoms with Crippen molar-refractivity contribution in [3.63, 3.8) is 0 Å². The van der Waals surface area contributed by atoms with Crippen molar-refractivity contribution in [3.8, 4) is 11.5 Å². The number of carbonyl (C=O) groups is 2. The molecule has 1 N–H and O–H groups in total. The number of piperidine rings is 1. The number of carbonyl (C=O) groups excluding carboxylic acids is 2. The number of anilines is 1. The van der Waals surface area contributed by atoms with Crippen molar-refractivity contribution in [2.75, 3.05) is 38.3 Å². The van der Waals surface area contributed by atoms with Crippen molar-refractivity contribution in [3.05, 3.63) is 53.1 Å². The quantitative estimate of drug-likeness (QED) is 0.393. The Bertz CT molecular complexity index is 1020. The second-order valence-corrected chi connectivity index (χ2v) is 9.04. The summed E-state index contributed by atoms with van der Waals surface area (Å²) in [6.07, 6.45) is 5.57. The normalized spacial score (nSPS) is 14.2. The Labute approximate surface area is 215 Å². The van der Waals surface area contributed by atoms with E-state index in [0.29, 0.717) is 17.9 Å². The first kappa shape index (κ1) is 27.4. The molecule has 1 aliphatic heterocycles. The van der Waals surface area contributed by atoms with Gasteiger partial charge in [-0.2, -0.15) is 0 Å². The van der Waals surface area contributed by atoms with Crippen LogP contribution in [0, 0.1) is 0 Å². The molecule has 1 atom stereocenters. The summed E-state index contributed by atoms with van der Waals surface area (Å²) in [7, 11) is 1.68.